The summed E-state index contributed by atoms with van der Waals surface area (Å²) < 4.78 is 16.6. The van der Waals surface area contributed by atoms with Crippen LogP contribution in [0.5, 0.6) is 17.2 Å². The molecule has 1 aromatic heterocycles. The molecule has 0 fully saturated rings. The van der Waals surface area contributed by atoms with Crippen LogP contribution in [0.1, 0.15) is 60.0 Å². The van der Waals surface area contributed by atoms with Crippen LogP contribution in [0.4, 0.5) is 0 Å². The van der Waals surface area contributed by atoms with Crippen molar-refractivity contribution in [1.29, 1.82) is 0 Å². The first kappa shape index (κ1) is 32.0. The zero-order valence-corrected chi connectivity index (χ0v) is 26.1. The van der Waals surface area contributed by atoms with Gasteiger partial charge < -0.3 is 24.0 Å². The molecule has 7 nitrogen and oxygen atoms in total. The van der Waals surface area contributed by atoms with Crippen molar-refractivity contribution < 1.29 is 23.8 Å². The Hall–Kier alpha value is -3.52. The lowest BCUT2D eigenvalue weighted by Crippen LogP contribution is -2.44. The second-order valence-electron chi connectivity index (χ2n) is 10.6. The Balaban J connectivity index is 1.77. The fourth-order valence-electron chi connectivity index (χ4n) is 4.47. The molecule has 0 radical (unpaired) electrons. The van der Waals surface area contributed by atoms with E-state index >= 15 is 0 Å². The SMILES string of the molecule is CCCCOc1ccc(C(=O)N(CC(=O)N(CCc2ccc(OC)c(OC)c2)Cc2sccc2C)CC(C)C)cc1. The van der Waals surface area contributed by atoms with Gasteiger partial charge in [-0.1, -0.05) is 33.3 Å². The van der Waals surface area contributed by atoms with Gasteiger partial charge in [0.2, 0.25) is 5.91 Å². The molecule has 2 amide bonds. The van der Waals surface area contributed by atoms with E-state index in [-0.39, 0.29) is 24.3 Å². The largest absolute Gasteiger partial charge is 0.494 e. The normalized spacial score (nSPS) is 10.9. The van der Waals surface area contributed by atoms with Gasteiger partial charge in [-0.25, -0.2) is 0 Å². The van der Waals surface area contributed by atoms with Gasteiger partial charge in [0.1, 0.15) is 12.3 Å². The Bertz CT molecular complexity index is 1250. The predicted molar refractivity (Wildman–Crippen MR) is 165 cm³/mol. The van der Waals surface area contributed by atoms with Gasteiger partial charge in [-0.3, -0.25) is 9.59 Å². The highest BCUT2D eigenvalue weighted by Gasteiger charge is 2.24. The molecule has 3 rings (SSSR count). The van der Waals surface area contributed by atoms with Gasteiger partial charge in [0, 0.05) is 23.5 Å². The molecule has 8 heteroatoms. The molecule has 0 aliphatic rings. The van der Waals surface area contributed by atoms with E-state index in [4.69, 9.17) is 14.2 Å². The van der Waals surface area contributed by atoms with Crippen LogP contribution in [0.15, 0.2) is 53.9 Å². The topological polar surface area (TPSA) is 68.3 Å². The number of benzene rings is 2. The first-order valence-corrected chi connectivity index (χ1v) is 15.2. The number of amides is 2. The number of carbonyl (C=O) groups is 2. The Labute approximate surface area is 249 Å². The molecule has 3 aromatic rings. The van der Waals surface area contributed by atoms with Gasteiger partial charge in [-0.05, 0) is 84.7 Å². The van der Waals surface area contributed by atoms with Crippen molar-refractivity contribution in [3.63, 3.8) is 0 Å². The van der Waals surface area contributed by atoms with E-state index in [1.807, 2.05) is 40.6 Å². The van der Waals surface area contributed by atoms with Gasteiger partial charge >= 0.3 is 0 Å². The van der Waals surface area contributed by atoms with Gasteiger partial charge in [0.25, 0.3) is 5.91 Å². The monoisotopic (exact) mass is 580 g/mol. The van der Waals surface area contributed by atoms with Crippen LogP contribution in [0.2, 0.25) is 0 Å². The maximum absolute atomic E-state index is 13.8. The summed E-state index contributed by atoms with van der Waals surface area (Å²) in [6, 6.07) is 15.1. The molecule has 0 aliphatic heterocycles. The van der Waals surface area contributed by atoms with Crippen LogP contribution in [0.25, 0.3) is 0 Å². The van der Waals surface area contributed by atoms with Crippen molar-refractivity contribution in [3.05, 3.63) is 75.5 Å². The maximum atomic E-state index is 13.8. The number of hydrogen-bond acceptors (Lipinski definition) is 6. The number of hydrogen-bond donors (Lipinski definition) is 0. The predicted octanol–water partition coefficient (Wildman–Crippen LogP) is 6.62. The third kappa shape index (κ3) is 9.52. The van der Waals surface area contributed by atoms with Gasteiger partial charge in [0.05, 0.1) is 27.4 Å². The summed E-state index contributed by atoms with van der Waals surface area (Å²) >= 11 is 1.65. The fraction of sp³-hybridized carbons (Fsp3) is 0.455. The summed E-state index contributed by atoms with van der Waals surface area (Å²) in [6.45, 7) is 10.5. The molecule has 0 saturated carbocycles. The lowest BCUT2D eigenvalue weighted by Gasteiger charge is -2.29. The number of nitrogens with zero attached hydrogens (tertiary/aromatic N) is 2. The quantitative estimate of drug-likeness (QED) is 0.178. The van der Waals surface area contributed by atoms with E-state index in [9.17, 15) is 9.59 Å². The first-order chi connectivity index (χ1) is 19.7. The second-order valence-corrected chi connectivity index (χ2v) is 11.6. The van der Waals surface area contributed by atoms with E-state index in [1.54, 1.807) is 42.6 Å². The molecule has 0 atom stereocenters. The zero-order chi connectivity index (χ0) is 29.8. The molecular formula is C33H44N2O5S. The van der Waals surface area contributed by atoms with Crippen molar-refractivity contribution in [2.24, 2.45) is 5.92 Å². The van der Waals surface area contributed by atoms with Crippen LogP contribution >= 0.6 is 11.3 Å². The highest BCUT2D eigenvalue weighted by Crippen LogP contribution is 2.28. The average molecular weight is 581 g/mol. The number of methoxy groups -OCH3 is 2. The van der Waals surface area contributed by atoms with E-state index in [0.717, 1.165) is 34.6 Å². The van der Waals surface area contributed by atoms with E-state index in [1.165, 1.54) is 0 Å². The number of ether oxygens (including phenoxy) is 3. The maximum Gasteiger partial charge on any atom is 0.254 e. The average Bonchev–Trinajstić information content (AvgIpc) is 3.38. The molecule has 0 aliphatic carbocycles. The summed E-state index contributed by atoms with van der Waals surface area (Å²) in [5.74, 6) is 2.05. The van der Waals surface area contributed by atoms with Crippen molar-refractivity contribution in [1.82, 2.24) is 9.80 Å². The summed E-state index contributed by atoms with van der Waals surface area (Å²) in [7, 11) is 3.23. The molecule has 0 bridgehead atoms. The second kappa shape index (κ2) is 16.1. The number of aryl methyl sites for hydroxylation is 1. The van der Waals surface area contributed by atoms with Crippen LogP contribution < -0.4 is 14.2 Å². The van der Waals surface area contributed by atoms with Crippen molar-refractivity contribution in [2.75, 3.05) is 40.5 Å². The molecule has 41 heavy (non-hydrogen) atoms. The minimum Gasteiger partial charge on any atom is -0.494 e. The molecule has 0 unspecified atom stereocenters. The van der Waals surface area contributed by atoms with E-state index < -0.39 is 0 Å². The summed E-state index contributed by atoms with van der Waals surface area (Å²) in [6.07, 6.45) is 2.69. The highest BCUT2D eigenvalue weighted by molar-refractivity contribution is 7.10. The Morgan fingerprint density at radius 3 is 2.29 bits per heavy atom. The lowest BCUT2D eigenvalue weighted by atomic mass is 10.1. The van der Waals surface area contributed by atoms with Crippen molar-refractivity contribution in [2.45, 2.75) is 53.5 Å². The standard InChI is InChI=1S/C33H44N2O5S/c1-7-8-18-40-28-12-10-27(11-13-28)33(37)35(21-24(2)3)23-32(36)34(22-31-25(4)16-19-41-31)17-15-26-9-14-29(38-5)30(20-26)39-6/h9-14,16,19-20,24H,7-8,15,17-18,21-23H2,1-6H3. The molecular weight excluding hydrogens is 536 g/mol. The minimum atomic E-state index is -0.153. The van der Waals surface area contributed by atoms with Crippen LogP contribution in [0.3, 0.4) is 0 Å². The van der Waals surface area contributed by atoms with Crippen LogP contribution in [-0.2, 0) is 17.8 Å². The molecule has 0 saturated heterocycles. The van der Waals surface area contributed by atoms with E-state index in [0.29, 0.717) is 49.7 Å². The molecule has 0 spiro atoms. The first-order valence-electron chi connectivity index (χ1n) is 14.3. The third-order valence-electron chi connectivity index (χ3n) is 6.84. The number of unbranched alkanes of at least 4 members (excludes halogenated alkanes) is 1. The van der Waals surface area contributed by atoms with Gasteiger partial charge in [-0.15, -0.1) is 11.3 Å². The van der Waals surface area contributed by atoms with Crippen LogP contribution in [-0.4, -0.2) is 62.1 Å². The Kier molecular flexibility index (Phi) is 12.5. The smallest absolute Gasteiger partial charge is 0.254 e. The lowest BCUT2D eigenvalue weighted by molar-refractivity contribution is -0.132. The fourth-order valence-corrected chi connectivity index (χ4v) is 5.39. The summed E-state index contributed by atoms with van der Waals surface area (Å²) in [5.41, 5.74) is 2.75. The third-order valence-corrected chi connectivity index (χ3v) is 7.85. The zero-order valence-electron chi connectivity index (χ0n) is 25.3. The van der Waals surface area contributed by atoms with Crippen molar-refractivity contribution >= 4 is 23.2 Å². The molecule has 1 heterocycles. The molecule has 2 aromatic carbocycles. The van der Waals surface area contributed by atoms with Crippen LogP contribution in [0, 0.1) is 12.8 Å². The van der Waals surface area contributed by atoms with Gasteiger partial charge in [-0.2, -0.15) is 0 Å². The summed E-state index contributed by atoms with van der Waals surface area (Å²) in [4.78, 5) is 32.1. The van der Waals surface area contributed by atoms with Crippen molar-refractivity contribution in [3.8, 4) is 17.2 Å². The number of thiophene rings is 1. The minimum absolute atomic E-state index is 0.0160. The number of rotatable bonds is 16. The molecule has 222 valence electrons. The number of carbonyl (C=O) groups excluding carboxylic acids is 2. The Morgan fingerprint density at radius 2 is 1.68 bits per heavy atom. The van der Waals surface area contributed by atoms with E-state index in [2.05, 4.69) is 33.8 Å². The highest BCUT2D eigenvalue weighted by atomic mass is 32.1. The molecule has 0 N–H and O–H groups in total. The summed E-state index contributed by atoms with van der Waals surface area (Å²) in [5, 5.41) is 2.05. The Morgan fingerprint density at radius 1 is 0.951 bits per heavy atom. The van der Waals surface area contributed by atoms with Gasteiger partial charge in [0.15, 0.2) is 11.5 Å².